The van der Waals surface area contributed by atoms with Crippen LogP contribution in [0.4, 0.5) is 5.82 Å². The van der Waals surface area contributed by atoms with Gasteiger partial charge in [-0.05, 0) is 30.3 Å². The number of nitrogens with one attached hydrogen (secondary N) is 3. The number of hydrogen-bond donors (Lipinski definition) is 3. The summed E-state index contributed by atoms with van der Waals surface area (Å²) in [5, 5.41) is 8.85. The van der Waals surface area contributed by atoms with Crippen molar-refractivity contribution < 1.29 is 17.0 Å². The van der Waals surface area contributed by atoms with Gasteiger partial charge in [0, 0.05) is 25.5 Å². The van der Waals surface area contributed by atoms with Gasteiger partial charge in [-0.25, -0.2) is 4.57 Å². The zero-order valence-electron chi connectivity index (χ0n) is 14.0. The molecule has 0 aliphatic rings. The van der Waals surface area contributed by atoms with E-state index >= 15 is 0 Å². The molecule has 130 valence electrons. The van der Waals surface area contributed by atoms with Crippen molar-refractivity contribution in [3.05, 3.63) is 78.3 Å². The molecule has 0 amide bonds. The zero-order valence-corrected chi connectivity index (χ0v) is 14.8. The second-order valence-electron chi connectivity index (χ2n) is 5.25. The Morgan fingerprint density at radius 1 is 1.12 bits per heavy atom. The number of rotatable bonds is 4. The van der Waals surface area contributed by atoms with E-state index in [9.17, 15) is 0 Å². The van der Waals surface area contributed by atoms with Crippen LogP contribution in [0.15, 0.2) is 77.3 Å². The Labute approximate surface area is 152 Å². The summed E-state index contributed by atoms with van der Waals surface area (Å²) in [5.41, 5.74) is 7.70. The van der Waals surface area contributed by atoms with Gasteiger partial charge in [-0.3, -0.25) is 5.43 Å². The molecule has 0 aliphatic heterocycles. The fourth-order valence-corrected chi connectivity index (χ4v) is 2.12. The number of nitrogens with zero attached hydrogens (tertiary/aromatic N) is 4. The van der Waals surface area contributed by atoms with E-state index in [0.29, 0.717) is 5.84 Å². The number of H-pyrrole nitrogens is 1. The maximum Gasteiger partial charge on any atom is 0.299 e. The van der Waals surface area contributed by atoms with Crippen molar-refractivity contribution in [2.45, 2.75) is 0 Å². The van der Waals surface area contributed by atoms with Crippen molar-refractivity contribution >= 4 is 11.7 Å². The summed E-state index contributed by atoms with van der Waals surface area (Å²) in [6.07, 6.45) is 5.74. The molecule has 3 aromatic heterocycles. The molecule has 0 spiro atoms. The molecule has 0 bridgehead atoms. The van der Waals surface area contributed by atoms with Gasteiger partial charge in [-0.2, -0.15) is 5.10 Å². The smallest absolute Gasteiger partial charge is 0.299 e. The van der Waals surface area contributed by atoms with E-state index in [-0.39, 0.29) is 12.4 Å². The van der Waals surface area contributed by atoms with Crippen molar-refractivity contribution in [2.24, 2.45) is 24.3 Å². The molecular weight excluding hydrogens is 338 g/mol. The van der Waals surface area contributed by atoms with Gasteiger partial charge in [0.2, 0.25) is 5.84 Å². The number of anilines is 1. The maximum absolute atomic E-state index is 4.44. The molecule has 25 heavy (non-hydrogen) atoms. The molecule has 0 aliphatic carbocycles. The Hall–Kier alpha value is -3.06. The summed E-state index contributed by atoms with van der Waals surface area (Å²) in [6, 6.07) is 15.5. The molecule has 0 saturated heterocycles. The normalized spacial score (nSPS) is 11.8. The Balaban J connectivity index is 0.00000225. The lowest BCUT2D eigenvalue weighted by Gasteiger charge is -2.04. The van der Waals surface area contributed by atoms with Crippen LogP contribution in [-0.2, 0) is 14.1 Å². The first-order chi connectivity index (χ1) is 11.7. The number of hydrogen-bond acceptors (Lipinski definition) is 3. The second kappa shape index (κ2) is 8.70. The van der Waals surface area contributed by atoms with Gasteiger partial charge in [-0.15, -0.1) is 5.43 Å². The summed E-state index contributed by atoms with van der Waals surface area (Å²) in [4.78, 5) is 3.13. The van der Waals surface area contributed by atoms with Crippen LogP contribution in [0.25, 0.3) is 0 Å². The maximum atomic E-state index is 4.44. The molecule has 7 nitrogen and oxygen atoms in total. The fraction of sp³-hybridized carbons (Fsp3) is 0.118. The predicted octanol–water partition coefficient (Wildman–Crippen LogP) is -1.94. The first-order valence-corrected chi connectivity index (χ1v) is 7.57. The highest BCUT2D eigenvalue weighted by Gasteiger charge is 2.08. The minimum atomic E-state index is 0. The summed E-state index contributed by atoms with van der Waals surface area (Å²) in [7, 11) is 3.89. The lowest BCUT2D eigenvalue weighted by atomic mass is 10.4. The van der Waals surface area contributed by atoms with E-state index in [2.05, 4.69) is 26.0 Å². The summed E-state index contributed by atoms with van der Waals surface area (Å²) in [6.45, 7) is 0. The average Bonchev–Trinajstić information content (AvgIpc) is 3.12. The van der Waals surface area contributed by atoms with E-state index < -0.39 is 0 Å². The lowest BCUT2D eigenvalue weighted by molar-refractivity contribution is -0.657. The summed E-state index contributed by atoms with van der Waals surface area (Å²) in [5.74, 6) is 1.46. The monoisotopic (exact) mass is 357 g/mol. The third kappa shape index (κ3) is 4.71. The molecule has 0 atom stereocenters. The highest BCUT2D eigenvalue weighted by Crippen LogP contribution is 2.00. The number of amidine groups is 1. The third-order valence-corrected chi connectivity index (χ3v) is 3.49. The largest absolute Gasteiger partial charge is 1.00 e. The van der Waals surface area contributed by atoms with Crippen LogP contribution in [0, 0.1) is 0 Å². The molecule has 0 saturated carbocycles. The van der Waals surface area contributed by atoms with Crippen LogP contribution in [0.5, 0.6) is 0 Å². The van der Waals surface area contributed by atoms with Crippen molar-refractivity contribution in [3.63, 3.8) is 0 Å². The molecule has 3 heterocycles. The predicted molar refractivity (Wildman–Crippen MR) is 92.7 cm³/mol. The Morgan fingerprint density at radius 3 is 2.68 bits per heavy atom. The van der Waals surface area contributed by atoms with Gasteiger partial charge in [-0.1, -0.05) is 17.2 Å². The van der Waals surface area contributed by atoms with Crippen LogP contribution >= 0.6 is 0 Å². The first-order valence-electron chi connectivity index (χ1n) is 7.57. The Bertz CT molecular complexity index is 897. The highest BCUT2D eigenvalue weighted by molar-refractivity contribution is 5.97. The molecular formula is C17H20ClN7. The van der Waals surface area contributed by atoms with E-state index in [1.807, 2.05) is 90.4 Å². The Kier molecular flexibility index (Phi) is 6.36. The van der Waals surface area contributed by atoms with Crippen LogP contribution in [0.3, 0.4) is 0 Å². The minimum absolute atomic E-state index is 0. The van der Waals surface area contributed by atoms with Crippen molar-refractivity contribution in [1.29, 1.82) is 0 Å². The number of hydrazone groups is 1. The van der Waals surface area contributed by atoms with Crippen LogP contribution in [-0.4, -0.2) is 15.4 Å². The van der Waals surface area contributed by atoms with Gasteiger partial charge in [0.25, 0.3) is 5.82 Å². The molecule has 0 fully saturated rings. The van der Waals surface area contributed by atoms with E-state index in [1.165, 1.54) is 0 Å². The first kappa shape index (κ1) is 18.3. The number of aryl methyl sites for hydroxylation is 2. The van der Waals surface area contributed by atoms with E-state index in [4.69, 9.17) is 0 Å². The number of pyridine rings is 2. The Morgan fingerprint density at radius 2 is 1.96 bits per heavy atom. The summed E-state index contributed by atoms with van der Waals surface area (Å²) >= 11 is 0. The molecule has 0 aromatic carbocycles. The fourth-order valence-electron chi connectivity index (χ4n) is 2.12. The average molecular weight is 358 g/mol. The van der Waals surface area contributed by atoms with Crippen LogP contribution in [0.1, 0.15) is 5.69 Å². The lowest BCUT2D eigenvalue weighted by Crippen LogP contribution is -3.00. The number of halogens is 1. The molecule has 8 heteroatoms. The number of aromatic amines is 1. The van der Waals surface area contributed by atoms with Gasteiger partial charge >= 0.3 is 0 Å². The van der Waals surface area contributed by atoms with Crippen molar-refractivity contribution in [3.8, 4) is 0 Å². The quantitative estimate of drug-likeness (QED) is 0.220. The van der Waals surface area contributed by atoms with E-state index in [1.54, 1.807) is 0 Å². The molecule has 0 unspecified atom stereocenters. The zero-order chi connectivity index (χ0) is 16.8. The number of aromatic nitrogens is 3. The van der Waals surface area contributed by atoms with Crippen LogP contribution in [0.2, 0.25) is 0 Å². The molecule has 3 aromatic rings. The van der Waals surface area contributed by atoms with Crippen molar-refractivity contribution in [2.75, 3.05) is 5.43 Å². The SMILES string of the molecule is Cn1cccc/c1=N/NC(=NNc1cccc[n+]1C)c1ccc[nH]1.[Cl-]. The van der Waals surface area contributed by atoms with Gasteiger partial charge in [0.15, 0.2) is 5.49 Å². The molecule has 0 radical (unpaired) electrons. The van der Waals surface area contributed by atoms with Crippen molar-refractivity contribution in [1.82, 2.24) is 15.0 Å². The van der Waals surface area contributed by atoms with Crippen LogP contribution < -0.4 is 33.3 Å². The molecule has 3 rings (SSSR count). The van der Waals surface area contributed by atoms with Gasteiger partial charge in [0.05, 0.1) is 18.9 Å². The topological polar surface area (TPSA) is 73.4 Å². The standard InChI is InChI=1S/C17H19N7.ClH/c1-23-12-5-3-9-15(23)19-21-17(14-8-7-11-18-14)22-20-16-10-4-6-13-24(16)2;/h3-13H,1-2H3,(H2,18,21,22);1H/b19-15-;. The summed E-state index contributed by atoms with van der Waals surface area (Å²) < 4.78 is 3.87. The minimum Gasteiger partial charge on any atom is -1.00 e. The highest BCUT2D eigenvalue weighted by atomic mass is 35.5. The third-order valence-electron chi connectivity index (χ3n) is 3.49. The van der Waals surface area contributed by atoms with Gasteiger partial charge in [0.1, 0.15) is 0 Å². The van der Waals surface area contributed by atoms with E-state index in [0.717, 1.165) is 17.0 Å². The molecule has 3 N–H and O–H groups in total. The second-order valence-corrected chi connectivity index (χ2v) is 5.25. The van der Waals surface area contributed by atoms with Gasteiger partial charge < -0.3 is 22.0 Å².